The van der Waals surface area contributed by atoms with Crippen molar-refractivity contribution in [3.63, 3.8) is 0 Å². The number of piperidine rings is 1. The first kappa shape index (κ1) is 14.4. The number of hydrogen-bond donors (Lipinski definition) is 1. The van der Waals surface area contributed by atoms with Gasteiger partial charge in [-0.3, -0.25) is 9.97 Å². The van der Waals surface area contributed by atoms with Crippen LogP contribution in [0, 0.1) is 5.92 Å². The summed E-state index contributed by atoms with van der Waals surface area (Å²) < 4.78 is 26.7. The average molecular weight is 284 g/mol. The first-order valence-corrected chi connectivity index (χ1v) is 8.01. The van der Waals surface area contributed by atoms with E-state index >= 15 is 0 Å². The lowest BCUT2D eigenvalue weighted by atomic mass is 10.0. The largest absolute Gasteiger partial charge is 0.330 e. The molecule has 0 aliphatic carbocycles. The minimum absolute atomic E-state index is 0.262. The minimum atomic E-state index is -3.38. The number of nitrogens with zero attached hydrogens (tertiary/aromatic N) is 3. The van der Waals surface area contributed by atoms with Crippen LogP contribution in [0.4, 0.5) is 0 Å². The maximum Gasteiger partial charge on any atom is 0.222 e. The highest BCUT2D eigenvalue weighted by Gasteiger charge is 2.34. The standard InChI is InChI=1S/C12H20N4O2S/c1-10(12-8-14-4-5-15-12)19(17,18)16-6-2-3-11(7-13)9-16/h4-5,8,10-11H,2-3,6-7,9,13H2,1H3/t10-,11-/m0/s1. The Hall–Kier alpha value is -1.05. The van der Waals surface area contributed by atoms with Crippen molar-refractivity contribution in [3.8, 4) is 0 Å². The van der Waals surface area contributed by atoms with Crippen LogP contribution in [0.3, 0.4) is 0 Å². The average Bonchev–Trinajstić information content (AvgIpc) is 2.47. The van der Waals surface area contributed by atoms with Gasteiger partial charge in [0.25, 0.3) is 0 Å². The highest BCUT2D eigenvalue weighted by Crippen LogP contribution is 2.27. The maximum absolute atomic E-state index is 12.6. The normalized spacial score (nSPS) is 23.2. The third-order valence-corrected chi connectivity index (χ3v) is 5.81. The summed E-state index contributed by atoms with van der Waals surface area (Å²) in [4.78, 5) is 8.02. The predicted octanol–water partition coefficient (Wildman–Crippen LogP) is 0.538. The first-order valence-electron chi connectivity index (χ1n) is 6.50. The molecule has 1 fully saturated rings. The molecule has 0 amide bonds. The highest BCUT2D eigenvalue weighted by molar-refractivity contribution is 7.89. The van der Waals surface area contributed by atoms with Crippen molar-refractivity contribution in [1.29, 1.82) is 0 Å². The molecule has 7 heteroatoms. The second-order valence-corrected chi connectivity index (χ2v) is 7.17. The summed E-state index contributed by atoms with van der Waals surface area (Å²) in [6, 6.07) is 0. The van der Waals surface area contributed by atoms with Gasteiger partial charge in [0.15, 0.2) is 0 Å². The van der Waals surface area contributed by atoms with E-state index in [1.54, 1.807) is 11.2 Å². The molecule has 0 spiro atoms. The zero-order valence-corrected chi connectivity index (χ0v) is 11.9. The Morgan fingerprint density at radius 3 is 2.95 bits per heavy atom. The van der Waals surface area contributed by atoms with Crippen LogP contribution in [0.15, 0.2) is 18.6 Å². The fraction of sp³-hybridized carbons (Fsp3) is 0.667. The maximum atomic E-state index is 12.6. The fourth-order valence-corrected chi connectivity index (χ4v) is 4.02. The van der Waals surface area contributed by atoms with Gasteiger partial charge in [-0.05, 0) is 32.2 Å². The van der Waals surface area contributed by atoms with Gasteiger partial charge in [0.05, 0.1) is 5.69 Å². The predicted molar refractivity (Wildman–Crippen MR) is 72.7 cm³/mol. The molecule has 106 valence electrons. The van der Waals surface area contributed by atoms with Crippen molar-refractivity contribution >= 4 is 10.0 Å². The number of nitrogens with two attached hydrogens (primary N) is 1. The molecule has 2 atom stereocenters. The highest BCUT2D eigenvalue weighted by atomic mass is 32.2. The molecule has 0 saturated carbocycles. The van der Waals surface area contributed by atoms with E-state index in [-0.39, 0.29) is 5.92 Å². The van der Waals surface area contributed by atoms with E-state index < -0.39 is 15.3 Å². The van der Waals surface area contributed by atoms with Crippen molar-refractivity contribution in [3.05, 3.63) is 24.3 Å². The van der Waals surface area contributed by atoms with Crippen molar-refractivity contribution in [2.24, 2.45) is 11.7 Å². The van der Waals surface area contributed by atoms with Crippen molar-refractivity contribution in [1.82, 2.24) is 14.3 Å². The Labute approximate surface area is 114 Å². The summed E-state index contributed by atoms with van der Waals surface area (Å²) >= 11 is 0. The first-order chi connectivity index (χ1) is 9.05. The van der Waals surface area contributed by atoms with Crippen LogP contribution in [0.1, 0.15) is 30.7 Å². The zero-order chi connectivity index (χ0) is 13.9. The SMILES string of the molecule is C[C@@H](c1cnccn1)S(=O)(=O)N1CCC[C@@H](CN)C1. The van der Waals surface area contributed by atoms with Crippen molar-refractivity contribution < 1.29 is 8.42 Å². The second-order valence-electron chi connectivity index (χ2n) is 4.92. The Bertz CT molecular complexity index is 506. The third-order valence-electron chi connectivity index (χ3n) is 3.62. The van der Waals surface area contributed by atoms with Crippen LogP contribution < -0.4 is 5.73 Å². The molecule has 6 nitrogen and oxygen atoms in total. The molecule has 2 N–H and O–H groups in total. The Morgan fingerprint density at radius 2 is 2.32 bits per heavy atom. The van der Waals surface area contributed by atoms with Crippen LogP contribution >= 0.6 is 0 Å². The van der Waals surface area contributed by atoms with E-state index in [4.69, 9.17) is 5.73 Å². The monoisotopic (exact) mass is 284 g/mol. The molecular weight excluding hydrogens is 264 g/mol. The van der Waals surface area contributed by atoms with Gasteiger partial charge in [0.2, 0.25) is 10.0 Å². The van der Waals surface area contributed by atoms with E-state index in [1.165, 1.54) is 18.6 Å². The van der Waals surface area contributed by atoms with Gasteiger partial charge in [0.1, 0.15) is 5.25 Å². The van der Waals surface area contributed by atoms with Crippen molar-refractivity contribution in [2.45, 2.75) is 25.0 Å². The lowest BCUT2D eigenvalue weighted by Gasteiger charge is -2.32. The molecule has 1 aromatic rings. The summed E-state index contributed by atoms with van der Waals surface area (Å²) in [5.41, 5.74) is 6.14. The molecule has 0 aromatic carbocycles. The molecule has 0 unspecified atom stereocenters. The smallest absolute Gasteiger partial charge is 0.222 e. The molecule has 2 heterocycles. The lowest BCUT2D eigenvalue weighted by molar-refractivity contribution is 0.269. The molecule has 0 bridgehead atoms. The van der Waals surface area contributed by atoms with Gasteiger partial charge in [-0.2, -0.15) is 0 Å². The van der Waals surface area contributed by atoms with E-state index in [0.29, 0.717) is 25.3 Å². The van der Waals surface area contributed by atoms with Crippen LogP contribution in [-0.2, 0) is 10.0 Å². The number of hydrogen-bond acceptors (Lipinski definition) is 5. The van der Waals surface area contributed by atoms with E-state index in [0.717, 1.165) is 12.8 Å². The summed E-state index contributed by atoms with van der Waals surface area (Å²) in [6.45, 7) is 3.28. The van der Waals surface area contributed by atoms with Gasteiger partial charge in [-0.25, -0.2) is 12.7 Å². The fourth-order valence-electron chi connectivity index (χ4n) is 2.35. The van der Waals surface area contributed by atoms with E-state index in [9.17, 15) is 8.42 Å². The summed E-state index contributed by atoms with van der Waals surface area (Å²) in [6.07, 6.45) is 6.43. The van der Waals surface area contributed by atoms with Gasteiger partial charge in [0, 0.05) is 31.7 Å². The van der Waals surface area contributed by atoms with Gasteiger partial charge in [-0.1, -0.05) is 0 Å². The topological polar surface area (TPSA) is 89.2 Å². The zero-order valence-electron chi connectivity index (χ0n) is 11.1. The van der Waals surface area contributed by atoms with Crippen LogP contribution in [-0.4, -0.2) is 42.3 Å². The molecule has 1 aliphatic heterocycles. The quantitative estimate of drug-likeness (QED) is 0.871. The lowest BCUT2D eigenvalue weighted by Crippen LogP contribution is -2.43. The summed E-state index contributed by atoms with van der Waals surface area (Å²) in [5.74, 6) is 0.262. The van der Waals surface area contributed by atoms with Gasteiger partial charge in [-0.15, -0.1) is 0 Å². The molecule has 0 radical (unpaired) electrons. The molecule has 1 saturated heterocycles. The molecule has 19 heavy (non-hydrogen) atoms. The Balaban J connectivity index is 2.18. The Kier molecular flexibility index (Phi) is 4.49. The number of rotatable bonds is 4. The van der Waals surface area contributed by atoms with E-state index in [2.05, 4.69) is 9.97 Å². The number of sulfonamides is 1. The number of aromatic nitrogens is 2. The Morgan fingerprint density at radius 1 is 1.53 bits per heavy atom. The van der Waals surface area contributed by atoms with Crippen LogP contribution in [0.2, 0.25) is 0 Å². The molecule has 1 aliphatic rings. The molecular formula is C12H20N4O2S. The minimum Gasteiger partial charge on any atom is -0.330 e. The molecule has 1 aromatic heterocycles. The summed E-state index contributed by atoms with van der Waals surface area (Å²) in [7, 11) is -3.38. The second kappa shape index (κ2) is 5.94. The van der Waals surface area contributed by atoms with Gasteiger partial charge >= 0.3 is 0 Å². The summed E-state index contributed by atoms with van der Waals surface area (Å²) in [5, 5.41) is -0.669. The van der Waals surface area contributed by atoms with Crippen LogP contribution in [0.5, 0.6) is 0 Å². The third kappa shape index (κ3) is 3.10. The van der Waals surface area contributed by atoms with E-state index in [1.807, 2.05) is 0 Å². The molecule has 2 rings (SSSR count). The van der Waals surface area contributed by atoms with Gasteiger partial charge < -0.3 is 5.73 Å². The van der Waals surface area contributed by atoms with Crippen LogP contribution in [0.25, 0.3) is 0 Å². The van der Waals surface area contributed by atoms with Crippen molar-refractivity contribution in [2.75, 3.05) is 19.6 Å².